The number of hydrogen-bond donors (Lipinski definition) is 2. The van der Waals surface area contributed by atoms with Crippen LogP contribution in [0.1, 0.15) is 12.7 Å². The number of carbonyl (C=O) groups excluding carboxylic acids is 2. The van der Waals surface area contributed by atoms with Gasteiger partial charge in [-0.3, -0.25) is 23.9 Å². The van der Waals surface area contributed by atoms with Crippen LogP contribution in [0.15, 0.2) is 32.4 Å². The van der Waals surface area contributed by atoms with Crippen molar-refractivity contribution in [3.63, 3.8) is 0 Å². The predicted octanol–water partition coefficient (Wildman–Crippen LogP) is 0.580. The molecule has 0 saturated carbocycles. The number of carbonyl (C=O) groups is 2. The Kier molecular flexibility index (Phi) is 5.04. The van der Waals surface area contributed by atoms with Crippen molar-refractivity contribution in [3.05, 3.63) is 49.5 Å². The summed E-state index contributed by atoms with van der Waals surface area (Å²) in [4.78, 5) is 59.1. The van der Waals surface area contributed by atoms with Gasteiger partial charge >= 0.3 is 5.69 Å². The van der Waals surface area contributed by atoms with Crippen LogP contribution in [0.4, 0.5) is 5.82 Å². The molecular weight excluding hydrogens is 420 g/mol. The maximum Gasteiger partial charge on any atom is 0.330 e. The van der Waals surface area contributed by atoms with Crippen molar-refractivity contribution < 1.29 is 9.59 Å². The number of imidazole rings is 1. The zero-order valence-corrected chi connectivity index (χ0v) is 16.0. The van der Waals surface area contributed by atoms with Gasteiger partial charge in [-0.2, -0.15) is 0 Å². The second-order valence-corrected chi connectivity index (χ2v) is 6.67. The molecule has 0 fully saturated rings. The molecular formula is C16H15BrN6O4. The molecule has 11 heteroatoms. The molecule has 3 heterocycles. The fourth-order valence-electron chi connectivity index (χ4n) is 2.62. The number of amides is 1. The summed E-state index contributed by atoms with van der Waals surface area (Å²) in [5.41, 5.74) is -1.30. The Morgan fingerprint density at radius 2 is 1.93 bits per heavy atom. The molecule has 0 aliphatic heterocycles. The molecule has 140 valence electrons. The number of nitrogens with one attached hydrogen (secondary N) is 2. The van der Waals surface area contributed by atoms with Crippen LogP contribution in [0.25, 0.3) is 11.2 Å². The van der Waals surface area contributed by atoms with Gasteiger partial charge in [0.1, 0.15) is 28.6 Å². The fourth-order valence-corrected chi connectivity index (χ4v) is 2.96. The highest BCUT2D eigenvalue weighted by molar-refractivity contribution is 9.10. The van der Waals surface area contributed by atoms with Gasteiger partial charge in [-0.15, -0.1) is 0 Å². The molecule has 0 aliphatic carbocycles. The number of anilines is 1. The van der Waals surface area contributed by atoms with E-state index in [2.05, 4.69) is 36.2 Å². The normalized spacial score (nSPS) is 10.9. The van der Waals surface area contributed by atoms with Crippen LogP contribution in [0.2, 0.25) is 0 Å². The minimum Gasteiger partial charge on any atom is -0.313 e. The first-order chi connectivity index (χ1) is 12.8. The number of hydrogen-bond acceptors (Lipinski definition) is 6. The fraction of sp³-hybridized carbons (Fsp3) is 0.250. The predicted molar refractivity (Wildman–Crippen MR) is 101 cm³/mol. The van der Waals surface area contributed by atoms with E-state index in [0.29, 0.717) is 16.2 Å². The summed E-state index contributed by atoms with van der Waals surface area (Å²) in [7, 11) is 0. The molecule has 10 nitrogen and oxygen atoms in total. The first kappa shape index (κ1) is 18.7. The average Bonchev–Trinajstić information content (AvgIpc) is 2.86. The minimum atomic E-state index is -0.727. The largest absolute Gasteiger partial charge is 0.330 e. The lowest BCUT2D eigenvalue weighted by molar-refractivity contribution is -0.118. The zero-order valence-electron chi connectivity index (χ0n) is 14.4. The number of aryl methyl sites for hydroxylation is 1. The van der Waals surface area contributed by atoms with Crippen molar-refractivity contribution in [2.75, 3.05) is 5.32 Å². The van der Waals surface area contributed by atoms with Crippen molar-refractivity contribution in [2.24, 2.45) is 0 Å². The highest BCUT2D eigenvalue weighted by Gasteiger charge is 2.18. The van der Waals surface area contributed by atoms with Crippen LogP contribution in [-0.4, -0.2) is 35.8 Å². The van der Waals surface area contributed by atoms with Gasteiger partial charge in [0, 0.05) is 0 Å². The lowest BCUT2D eigenvalue weighted by Crippen LogP contribution is -2.37. The summed E-state index contributed by atoms with van der Waals surface area (Å²) < 4.78 is 2.74. The van der Waals surface area contributed by atoms with Gasteiger partial charge in [-0.05, 0) is 41.9 Å². The third-order valence-corrected chi connectivity index (χ3v) is 4.18. The number of rotatable bonds is 5. The Balaban J connectivity index is 2.00. The van der Waals surface area contributed by atoms with E-state index in [1.54, 1.807) is 25.1 Å². The first-order valence-electron chi connectivity index (χ1n) is 7.88. The second-order valence-electron chi connectivity index (χ2n) is 5.86. The van der Waals surface area contributed by atoms with Crippen LogP contribution in [0, 0.1) is 6.92 Å². The summed E-state index contributed by atoms with van der Waals surface area (Å²) >= 11 is 3.22. The number of H-pyrrole nitrogens is 1. The summed E-state index contributed by atoms with van der Waals surface area (Å²) in [6.07, 6.45) is 0. The van der Waals surface area contributed by atoms with E-state index in [1.807, 2.05) is 0 Å². The number of nitrogens with zero attached hydrogens (tertiary/aromatic N) is 4. The minimum absolute atomic E-state index is 0.0469. The van der Waals surface area contributed by atoms with Gasteiger partial charge in [0.05, 0.1) is 6.54 Å². The van der Waals surface area contributed by atoms with E-state index in [-0.39, 0.29) is 30.0 Å². The van der Waals surface area contributed by atoms with Gasteiger partial charge in [0.25, 0.3) is 5.56 Å². The summed E-state index contributed by atoms with van der Waals surface area (Å²) in [6, 6.07) is 5.06. The average molecular weight is 435 g/mol. The number of ketones is 1. The second kappa shape index (κ2) is 7.27. The van der Waals surface area contributed by atoms with Gasteiger partial charge in [0.2, 0.25) is 5.91 Å². The van der Waals surface area contributed by atoms with Gasteiger partial charge in [-0.1, -0.05) is 6.07 Å². The van der Waals surface area contributed by atoms with Crippen LogP contribution in [0.3, 0.4) is 0 Å². The quantitative estimate of drug-likeness (QED) is 0.564. The third kappa shape index (κ3) is 3.87. The highest BCUT2D eigenvalue weighted by atomic mass is 79.9. The molecule has 1 amide bonds. The lowest BCUT2D eigenvalue weighted by atomic mass is 10.4. The van der Waals surface area contributed by atoms with Crippen LogP contribution < -0.4 is 16.6 Å². The number of halogens is 1. The van der Waals surface area contributed by atoms with Gasteiger partial charge in [-0.25, -0.2) is 14.8 Å². The molecule has 0 aromatic carbocycles. The first-order valence-corrected chi connectivity index (χ1v) is 8.67. The van der Waals surface area contributed by atoms with Crippen molar-refractivity contribution in [1.82, 2.24) is 24.1 Å². The molecule has 3 aromatic heterocycles. The molecule has 0 spiro atoms. The van der Waals surface area contributed by atoms with Crippen LogP contribution in [-0.2, 0) is 22.7 Å². The smallest absolute Gasteiger partial charge is 0.313 e. The molecule has 2 N–H and O–H groups in total. The zero-order chi connectivity index (χ0) is 19.7. The Morgan fingerprint density at radius 3 is 2.59 bits per heavy atom. The molecule has 3 rings (SSSR count). The summed E-state index contributed by atoms with van der Waals surface area (Å²) in [5.74, 6) is -0.0514. The monoisotopic (exact) mass is 434 g/mol. The molecule has 0 radical (unpaired) electrons. The number of Topliss-reactive ketones (excluding diaryl/α,β-unsaturated/α-hetero) is 1. The summed E-state index contributed by atoms with van der Waals surface area (Å²) in [5, 5.41) is 2.63. The van der Waals surface area contributed by atoms with Crippen LogP contribution >= 0.6 is 15.9 Å². The van der Waals surface area contributed by atoms with Crippen molar-refractivity contribution in [1.29, 1.82) is 0 Å². The molecule has 0 saturated heterocycles. The van der Waals surface area contributed by atoms with E-state index >= 15 is 0 Å². The SMILES string of the molecule is CC(=O)Cn1c(=O)[nH]c2nc(C)n(CC(=O)Nc3cccc(Br)n3)c2c1=O. The Hall–Kier alpha value is -3.08. The van der Waals surface area contributed by atoms with Crippen molar-refractivity contribution in [2.45, 2.75) is 26.9 Å². The van der Waals surface area contributed by atoms with Gasteiger partial charge < -0.3 is 9.88 Å². The Morgan fingerprint density at radius 1 is 1.19 bits per heavy atom. The molecule has 0 aliphatic rings. The molecule has 27 heavy (non-hydrogen) atoms. The standard InChI is InChI=1S/C16H15BrN6O4/c1-8(24)6-23-15(26)13-14(21-16(23)27)18-9(2)22(13)7-12(25)20-11-5-3-4-10(17)19-11/h3-5H,6-7H2,1-2H3,(H,21,27)(H,19,20,25). The molecule has 0 bridgehead atoms. The number of pyridine rings is 1. The topological polar surface area (TPSA) is 132 Å². The van der Waals surface area contributed by atoms with E-state index in [1.165, 1.54) is 11.5 Å². The van der Waals surface area contributed by atoms with E-state index in [4.69, 9.17) is 0 Å². The third-order valence-electron chi connectivity index (χ3n) is 3.74. The Bertz CT molecular complexity index is 1180. The van der Waals surface area contributed by atoms with E-state index < -0.39 is 17.2 Å². The maximum absolute atomic E-state index is 12.7. The molecule has 0 atom stereocenters. The number of aromatic nitrogens is 5. The summed E-state index contributed by atoms with van der Waals surface area (Å²) in [6.45, 7) is 2.31. The number of fused-ring (bicyclic) bond motifs is 1. The van der Waals surface area contributed by atoms with Crippen molar-refractivity contribution >= 4 is 44.6 Å². The van der Waals surface area contributed by atoms with Gasteiger partial charge in [0.15, 0.2) is 11.2 Å². The van der Waals surface area contributed by atoms with E-state index in [9.17, 15) is 19.2 Å². The molecule has 3 aromatic rings. The lowest BCUT2D eigenvalue weighted by Gasteiger charge is -2.08. The Labute approximate surface area is 160 Å². The van der Waals surface area contributed by atoms with Crippen LogP contribution in [0.5, 0.6) is 0 Å². The molecule has 0 unspecified atom stereocenters. The maximum atomic E-state index is 12.7. The van der Waals surface area contributed by atoms with Crippen molar-refractivity contribution in [3.8, 4) is 0 Å². The number of aromatic amines is 1. The highest BCUT2D eigenvalue weighted by Crippen LogP contribution is 2.12. The van der Waals surface area contributed by atoms with E-state index in [0.717, 1.165) is 4.57 Å².